The van der Waals surface area contributed by atoms with Crippen LogP contribution < -0.4 is 10.6 Å². The number of aliphatic imine (C=N–C) groups is 1. The van der Waals surface area contributed by atoms with Crippen molar-refractivity contribution in [3.63, 3.8) is 0 Å². The highest BCUT2D eigenvalue weighted by Crippen LogP contribution is 2.24. The molecule has 1 aliphatic rings. The molecule has 0 amide bonds. The Morgan fingerprint density at radius 1 is 1.30 bits per heavy atom. The number of ether oxygens (including phenoxy) is 2. The van der Waals surface area contributed by atoms with Crippen molar-refractivity contribution in [2.75, 3.05) is 33.4 Å². The zero-order chi connectivity index (χ0) is 15.0. The Labute approximate surface area is 123 Å². The third kappa shape index (κ3) is 5.29. The van der Waals surface area contributed by atoms with E-state index in [0.717, 1.165) is 38.6 Å². The molecule has 0 aliphatic carbocycles. The molecule has 5 nitrogen and oxygen atoms in total. The number of nitrogens with one attached hydrogen (secondary N) is 2. The number of methoxy groups -OCH3 is 1. The highest BCUT2D eigenvalue weighted by molar-refractivity contribution is 5.80. The fourth-order valence-electron chi connectivity index (χ4n) is 2.10. The zero-order valence-electron chi connectivity index (χ0n) is 13.7. The Balaban J connectivity index is 2.64. The van der Waals surface area contributed by atoms with Crippen molar-refractivity contribution in [3.8, 4) is 0 Å². The van der Waals surface area contributed by atoms with Crippen molar-refractivity contribution in [3.05, 3.63) is 0 Å². The minimum Gasteiger partial charge on any atom is -0.381 e. The molecule has 0 radical (unpaired) electrons. The van der Waals surface area contributed by atoms with E-state index >= 15 is 0 Å². The zero-order valence-corrected chi connectivity index (χ0v) is 13.7. The first-order chi connectivity index (χ1) is 9.53. The van der Waals surface area contributed by atoms with Crippen LogP contribution in [0.3, 0.4) is 0 Å². The van der Waals surface area contributed by atoms with Crippen LogP contribution in [0.15, 0.2) is 4.99 Å². The Hall–Kier alpha value is -0.810. The van der Waals surface area contributed by atoms with Crippen molar-refractivity contribution in [1.29, 1.82) is 0 Å². The van der Waals surface area contributed by atoms with E-state index in [4.69, 9.17) is 14.5 Å². The molecule has 0 saturated carbocycles. The molecule has 1 fully saturated rings. The van der Waals surface area contributed by atoms with Crippen molar-refractivity contribution in [2.24, 2.45) is 10.9 Å². The van der Waals surface area contributed by atoms with Crippen molar-refractivity contribution >= 4 is 5.96 Å². The third-order valence-corrected chi connectivity index (χ3v) is 4.07. The standard InChI is InChI=1S/C15H31N3O2/c1-6-16-14(18-13(4)12(2)3)17-11-15(19-5)7-9-20-10-8-15/h12-13H,6-11H2,1-5H3,(H2,16,17,18). The molecule has 2 N–H and O–H groups in total. The Morgan fingerprint density at radius 2 is 1.95 bits per heavy atom. The van der Waals surface area contributed by atoms with E-state index in [1.165, 1.54) is 0 Å². The lowest BCUT2D eigenvalue weighted by atomic mass is 9.94. The summed E-state index contributed by atoms with van der Waals surface area (Å²) in [6.45, 7) is 11.7. The maximum Gasteiger partial charge on any atom is 0.191 e. The fraction of sp³-hybridized carbons (Fsp3) is 0.933. The Bertz CT molecular complexity index is 299. The third-order valence-electron chi connectivity index (χ3n) is 4.07. The molecular formula is C15H31N3O2. The molecule has 0 aromatic heterocycles. The number of guanidine groups is 1. The average molecular weight is 285 g/mol. The molecule has 1 heterocycles. The maximum absolute atomic E-state index is 5.72. The molecule has 1 aliphatic heterocycles. The number of rotatable bonds is 6. The summed E-state index contributed by atoms with van der Waals surface area (Å²) in [5.74, 6) is 1.44. The largest absolute Gasteiger partial charge is 0.381 e. The minimum atomic E-state index is -0.165. The lowest BCUT2D eigenvalue weighted by Gasteiger charge is -2.34. The summed E-state index contributed by atoms with van der Waals surface area (Å²) in [5, 5.41) is 6.75. The predicted molar refractivity (Wildman–Crippen MR) is 83.2 cm³/mol. The van der Waals surface area contributed by atoms with Crippen LogP contribution in [-0.4, -0.2) is 51.0 Å². The molecule has 0 aromatic carbocycles. The van der Waals surface area contributed by atoms with Crippen LogP contribution in [0.5, 0.6) is 0 Å². The van der Waals surface area contributed by atoms with Crippen LogP contribution in [0.1, 0.15) is 40.5 Å². The number of hydrogen-bond acceptors (Lipinski definition) is 3. The quantitative estimate of drug-likeness (QED) is 0.577. The topological polar surface area (TPSA) is 54.9 Å². The second kappa shape index (κ2) is 8.47. The molecule has 1 atom stereocenters. The monoisotopic (exact) mass is 285 g/mol. The highest BCUT2D eigenvalue weighted by atomic mass is 16.5. The van der Waals surface area contributed by atoms with Crippen LogP contribution in [-0.2, 0) is 9.47 Å². The van der Waals surface area contributed by atoms with Gasteiger partial charge >= 0.3 is 0 Å². The van der Waals surface area contributed by atoms with Gasteiger partial charge in [0.1, 0.15) is 0 Å². The van der Waals surface area contributed by atoms with E-state index in [1.807, 2.05) is 0 Å². The minimum absolute atomic E-state index is 0.165. The van der Waals surface area contributed by atoms with Crippen molar-refractivity contribution in [2.45, 2.75) is 52.2 Å². The van der Waals surface area contributed by atoms with Gasteiger partial charge in [0, 0.05) is 45.8 Å². The van der Waals surface area contributed by atoms with Gasteiger partial charge in [-0.25, -0.2) is 0 Å². The van der Waals surface area contributed by atoms with Gasteiger partial charge in [-0.3, -0.25) is 4.99 Å². The Kier molecular flexibility index (Phi) is 7.30. The van der Waals surface area contributed by atoms with E-state index in [9.17, 15) is 0 Å². The van der Waals surface area contributed by atoms with Crippen molar-refractivity contribution in [1.82, 2.24) is 10.6 Å². The van der Waals surface area contributed by atoms with E-state index in [0.29, 0.717) is 18.5 Å². The summed E-state index contributed by atoms with van der Waals surface area (Å²) >= 11 is 0. The summed E-state index contributed by atoms with van der Waals surface area (Å²) < 4.78 is 11.1. The normalized spacial score (nSPS) is 20.8. The van der Waals surface area contributed by atoms with Gasteiger partial charge in [-0.1, -0.05) is 13.8 Å². The second-order valence-corrected chi connectivity index (χ2v) is 5.87. The van der Waals surface area contributed by atoms with Crippen LogP contribution in [0.25, 0.3) is 0 Å². The number of nitrogens with zero attached hydrogens (tertiary/aromatic N) is 1. The van der Waals surface area contributed by atoms with Crippen molar-refractivity contribution < 1.29 is 9.47 Å². The lowest BCUT2D eigenvalue weighted by molar-refractivity contribution is -0.0828. The average Bonchev–Trinajstić information content (AvgIpc) is 2.46. The van der Waals surface area contributed by atoms with Gasteiger partial charge in [-0.15, -0.1) is 0 Å². The first-order valence-corrected chi connectivity index (χ1v) is 7.70. The van der Waals surface area contributed by atoms with E-state index in [-0.39, 0.29) is 5.60 Å². The van der Waals surface area contributed by atoms with E-state index in [1.54, 1.807) is 7.11 Å². The molecule has 0 aromatic rings. The summed E-state index contributed by atoms with van der Waals surface area (Å²) in [6.07, 6.45) is 1.82. The van der Waals surface area contributed by atoms with Gasteiger partial charge in [0.15, 0.2) is 5.96 Å². The maximum atomic E-state index is 5.72. The number of hydrogen-bond donors (Lipinski definition) is 2. The first kappa shape index (κ1) is 17.2. The van der Waals surface area contributed by atoms with Crippen LogP contribution in [0.2, 0.25) is 0 Å². The Morgan fingerprint density at radius 3 is 2.45 bits per heavy atom. The summed E-state index contributed by atoms with van der Waals surface area (Å²) in [4.78, 5) is 4.72. The molecule has 0 spiro atoms. The SMILES string of the molecule is CCNC(=NCC1(OC)CCOCC1)NC(C)C(C)C. The van der Waals surface area contributed by atoms with Gasteiger partial charge in [0.2, 0.25) is 0 Å². The van der Waals surface area contributed by atoms with Gasteiger partial charge < -0.3 is 20.1 Å². The van der Waals surface area contributed by atoms with Gasteiger partial charge in [0.05, 0.1) is 12.1 Å². The molecule has 20 heavy (non-hydrogen) atoms. The lowest BCUT2D eigenvalue weighted by Crippen LogP contribution is -2.46. The smallest absolute Gasteiger partial charge is 0.191 e. The molecular weight excluding hydrogens is 254 g/mol. The predicted octanol–water partition coefficient (Wildman–Crippen LogP) is 1.78. The second-order valence-electron chi connectivity index (χ2n) is 5.87. The van der Waals surface area contributed by atoms with Crippen LogP contribution in [0.4, 0.5) is 0 Å². The summed E-state index contributed by atoms with van der Waals surface area (Å²) in [5.41, 5.74) is -0.165. The first-order valence-electron chi connectivity index (χ1n) is 7.70. The van der Waals surface area contributed by atoms with E-state index in [2.05, 4.69) is 38.3 Å². The van der Waals surface area contributed by atoms with Crippen LogP contribution >= 0.6 is 0 Å². The van der Waals surface area contributed by atoms with Crippen LogP contribution in [0, 0.1) is 5.92 Å². The highest BCUT2D eigenvalue weighted by Gasteiger charge is 2.32. The molecule has 0 bridgehead atoms. The summed E-state index contributed by atoms with van der Waals surface area (Å²) in [7, 11) is 1.78. The molecule has 1 saturated heterocycles. The van der Waals surface area contributed by atoms with Gasteiger partial charge in [-0.05, 0) is 19.8 Å². The van der Waals surface area contributed by atoms with Gasteiger partial charge in [0.25, 0.3) is 0 Å². The van der Waals surface area contributed by atoms with E-state index < -0.39 is 0 Å². The van der Waals surface area contributed by atoms with Gasteiger partial charge in [-0.2, -0.15) is 0 Å². The molecule has 5 heteroatoms. The molecule has 1 unspecified atom stereocenters. The molecule has 1 rings (SSSR count). The summed E-state index contributed by atoms with van der Waals surface area (Å²) in [6, 6.07) is 0.390. The fourth-order valence-corrected chi connectivity index (χ4v) is 2.10. The molecule has 118 valence electrons.